The Kier molecular flexibility index (Phi) is 7.30. The first-order valence-electron chi connectivity index (χ1n) is 11.2. The van der Waals surface area contributed by atoms with Gasteiger partial charge in [-0.15, -0.1) is 0 Å². The smallest absolute Gasteiger partial charge is 0.416 e. The SMILES string of the molecule is CN(C)CCNC(=O)c1cc(Oc2ccc3c(c2)nc(Nc2cc(C(F)(F)F)ccc2F)n3C)ccn1. The average Bonchev–Trinajstić information content (AvgIpc) is 3.14. The summed E-state index contributed by atoms with van der Waals surface area (Å²) in [7, 11) is 5.45. The van der Waals surface area contributed by atoms with Crippen molar-refractivity contribution in [3.8, 4) is 11.5 Å². The molecule has 2 aromatic heterocycles. The zero-order chi connectivity index (χ0) is 26.7. The number of pyridine rings is 1. The van der Waals surface area contributed by atoms with Crippen LogP contribution >= 0.6 is 0 Å². The topological polar surface area (TPSA) is 84.3 Å². The molecule has 0 unspecified atom stereocenters. The van der Waals surface area contributed by atoms with Crippen molar-refractivity contribution in [3.05, 3.63) is 71.8 Å². The lowest BCUT2D eigenvalue weighted by atomic mass is 10.2. The van der Waals surface area contributed by atoms with Crippen LogP contribution in [-0.2, 0) is 13.2 Å². The van der Waals surface area contributed by atoms with Crippen LogP contribution in [-0.4, -0.2) is 52.5 Å². The summed E-state index contributed by atoms with van der Waals surface area (Å²) >= 11 is 0. The molecule has 0 aliphatic rings. The summed E-state index contributed by atoms with van der Waals surface area (Å²) in [6.07, 6.45) is -3.15. The maximum absolute atomic E-state index is 14.2. The van der Waals surface area contributed by atoms with Crippen LogP contribution < -0.4 is 15.4 Å². The van der Waals surface area contributed by atoms with Crippen molar-refractivity contribution in [2.24, 2.45) is 7.05 Å². The summed E-state index contributed by atoms with van der Waals surface area (Å²) in [5.74, 6) is -0.237. The number of benzene rings is 2. The molecule has 0 aliphatic carbocycles. The van der Waals surface area contributed by atoms with Gasteiger partial charge >= 0.3 is 6.18 Å². The summed E-state index contributed by atoms with van der Waals surface area (Å²) in [4.78, 5) is 22.7. The number of hydrogen-bond acceptors (Lipinski definition) is 6. The van der Waals surface area contributed by atoms with E-state index in [9.17, 15) is 22.4 Å². The van der Waals surface area contributed by atoms with Gasteiger partial charge in [0.1, 0.15) is 23.0 Å². The lowest BCUT2D eigenvalue weighted by Crippen LogP contribution is -2.31. The number of aryl methyl sites for hydroxylation is 1. The van der Waals surface area contributed by atoms with Crippen LogP contribution in [0.25, 0.3) is 11.0 Å². The Labute approximate surface area is 209 Å². The molecule has 0 bridgehead atoms. The van der Waals surface area contributed by atoms with Crippen LogP contribution in [0.15, 0.2) is 54.7 Å². The van der Waals surface area contributed by atoms with Gasteiger partial charge in [-0.3, -0.25) is 9.78 Å². The third-order valence-corrected chi connectivity index (χ3v) is 5.44. The van der Waals surface area contributed by atoms with Crippen LogP contribution in [0.2, 0.25) is 0 Å². The van der Waals surface area contributed by atoms with E-state index < -0.39 is 17.6 Å². The number of anilines is 2. The number of alkyl halides is 3. The maximum atomic E-state index is 14.2. The predicted octanol–water partition coefficient (Wildman–Crippen LogP) is 4.95. The predicted molar refractivity (Wildman–Crippen MR) is 131 cm³/mol. The van der Waals surface area contributed by atoms with E-state index in [0.717, 1.165) is 6.07 Å². The number of halogens is 4. The quantitative estimate of drug-likeness (QED) is 0.323. The highest BCUT2D eigenvalue weighted by atomic mass is 19.4. The molecular weight excluding hydrogens is 492 g/mol. The van der Waals surface area contributed by atoms with E-state index in [0.29, 0.717) is 47.8 Å². The van der Waals surface area contributed by atoms with Crippen molar-refractivity contribution in [1.29, 1.82) is 0 Å². The largest absolute Gasteiger partial charge is 0.457 e. The van der Waals surface area contributed by atoms with Gasteiger partial charge in [-0.2, -0.15) is 13.2 Å². The van der Waals surface area contributed by atoms with E-state index in [1.54, 1.807) is 35.9 Å². The molecule has 4 aromatic rings. The summed E-state index contributed by atoms with van der Waals surface area (Å²) in [6.45, 7) is 1.15. The van der Waals surface area contributed by atoms with E-state index in [1.165, 1.54) is 12.3 Å². The number of nitrogens with zero attached hydrogens (tertiary/aromatic N) is 4. The Morgan fingerprint density at radius 3 is 2.57 bits per heavy atom. The number of rotatable bonds is 8. The van der Waals surface area contributed by atoms with Crippen molar-refractivity contribution in [2.75, 3.05) is 32.5 Å². The molecule has 1 amide bonds. The molecule has 0 fully saturated rings. The first-order valence-corrected chi connectivity index (χ1v) is 11.2. The molecular formula is C25H24F4N6O2. The summed E-state index contributed by atoms with van der Waals surface area (Å²) < 4.78 is 60.8. The number of hydrogen-bond donors (Lipinski definition) is 2. The monoisotopic (exact) mass is 516 g/mol. The summed E-state index contributed by atoms with van der Waals surface area (Å²) in [6, 6.07) is 10.3. The number of carbonyl (C=O) groups excluding carboxylic acids is 1. The van der Waals surface area contributed by atoms with Crippen LogP contribution in [0.4, 0.5) is 29.2 Å². The van der Waals surface area contributed by atoms with Crippen molar-refractivity contribution >= 4 is 28.6 Å². The third-order valence-electron chi connectivity index (χ3n) is 5.44. The van der Waals surface area contributed by atoms with Crippen molar-refractivity contribution in [1.82, 2.24) is 24.8 Å². The highest BCUT2D eigenvalue weighted by Gasteiger charge is 2.31. The Bertz CT molecular complexity index is 1430. The fourth-order valence-corrected chi connectivity index (χ4v) is 3.49. The number of ether oxygens (including phenoxy) is 1. The number of carbonyl (C=O) groups is 1. The molecule has 12 heteroatoms. The minimum absolute atomic E-state index is 0.144. The minimum Gasteiger partial charge on any atom is -0.457 e. The second-order valence-corrected chi connectivity index (χ2v) is 8.50. The molecule has 37 heavy (non-hydrogen) atoms. The Balaban J connectivity index is 1.53. The fourth-order valence-electron chi connectivity index (χ4n) is 3.49. The molecule has 0 radical (unpaired) electrons. The molecule has 194 valence electrons. The van der Waals surface area contributed by atoms with Gasteiger partial charge in [0.25, 0.3) is 5.91 Å². The van der Waals surface area contributed by atoms with Gasteiger partial charge in [0.15, 0.2) is 0 Å². The van der Waals surface area contributed by atoms with E-state index in [2.05, 4.69) is 20.6 Å². The molecule has 0 aliphatic heterocycles. The number of amides is 1. The van der Waals surface area contributed by atoms with Gasteiger partial charge in [0.2, 0.25) is 5.95 Å². The van der Waals surface area contributed by atoms with Gasteiger partial charge in [0, 0.05) is 38.5 Å². The molecule has 0 saturated carbocycles. The second-order valence-electron chi connectivity index (χ2n) is 8.50. The highest BCUT2D eigenvalue weighted by molar-refractivity contribution is 5.92. The molecule has 0 saturated heterocycles. The lowest BCUT2D eigenvalue weighted by molar-refractivity contribution is -0.137. The number of nitrogens with one attached hydrogen (secondary N) is 2. The standard InChI is InChI=1S/C25H24F4N6O2/c1-34(2)11-10-31-23(36)21-14-17(8-9-30-21)37-16-5-7-22-20(13-16)33-24(35(22)3)32-19-12-15(25(27,28)29)4-6-18(19)26/h4-9,12-14H,10-11H2,1-3H3,(H,31,36)(H,32,33). The Hall–Kier alpha value is -4.19. The van der Waals surface area contributed by atoms with Crippen LogP contribution in [0, 0.1) is 5.82 Å². The first kappa shape index (κ1) is 25.9. The Morgan fingerprint density at radius 1 is 1.08 bits per heavy atom. The van der Waals surface area contributed by atoms with E-state index in [-0.39, 0.29) is 23.2 Å². The molecule has 0 spiro atoms. The van der Waals surface area contributed by atoms with Crippen LogP contribution in [0.3, 0.4) is 0 Å². The highest BCUT2D eigenvalue weighted by Crippen LogP contribution is 2.33. The van der Waals surface area contributed by atoms with E-state index >= 15 is 0 Å². The molecule has 0 atom stereocenters. The van der Waals surface area contributed by atoms with Gasteiger partial charge in [-0.25, -0.2) is 9.37 Å². The van der Waals surface area contributed by atoms with E-state index in [4.69, 9.17) is 4.74 Å². The van der Waals surface area contributed by atoms with Crippen molar-refractivity contribution < 1.29 is 27.1 Å². The normalized spacial score (nSPS) is 11.7. The van der Waals surface area contributed by atoms with Crippen molar-refractivity contribution in [2.45, 2.75) is 6.18 Å². The molecule has 2 heterocycles. The van der Waals surface area contributed by atoms with Crippen LogP contribution in [0.5, 0.6) is 11.5 Å². The number of imidazole rings is 1. The van der Waals surface area contributed by atoms with Crippen LogP contribution in [0.1, 0.15) is 16.1 Å². The lowest BCUT2D eigenvalue weighted by Gasteiger charge is -2.11. The van der Waals surface area contributed by atoms with Gasteiger partial charge < -0.3 is 24.8 Å². The third kappa shape index (κ3) is 6.15. The zero-order valence-electron chi connectivity index (χ0n) is 20.2. The van der Waals surface area contributed by atoms with Crippen molar-refractivity contribution in [3.63, 3.8) is 0 Å². The molecule has 4 rings (SSSR count). The summed E-state index contributed by atoms with van der Waals surface area (Å²) in [5.41, 5.74) is -0.0277. The molecule has 8 nitrogen and oxygen atoms in total. The van der Waals surface area contributed by atoms with E-state index in [1.807, 2.05) is 19.0 Å². The Morgan fingerprint density at radius 2 is 1.84 bits per heavy atom. The number of aromatic nitrogens is 3. The average molecular weight is 516 g/mol. The summed E-state index contributed by atoms with van der Waals surface area (Å²) in [5, 5.41) is 5.42. The van der Waals surface area contributed by atoms with Gasteiger partial charge in [-0.1, -0.05) is 0 Å². The number of likely N-dealkylation sites (N-methyl/N-ethyl adjacent to an activating group) is 1. The maximum Gasteiger partial charge on any atom is 0.416 e. The van der Waals surface area contributed by atoms with Gasteiger partial charge in [0.05, 0.1) is 22.3 Å². The zero-order valence-corrected chi connectivity index (χ0v) is 20.2. The minimum atomic E-state index is -4.61. The van der Waals surface area contributed by atoms with Gasteiger partial charge in [-0.05, 0) is 50.5 Å². The molecule has 2 aromatic carbocycles. The number of fused-ring (bicyclic) bond motifs is 1. The first-order chi connectivity index (χ1) is 17.5. The molecule has 2 N–H and O–H groups in total. The fraction of sp³-hybridized carbons (Fsp3) is 0.240. The second kappa shape index (κ2) is 10.4.